The van der Waals surface area contributed by atoms with E-state index in [9.17, 15) is 14.4 Å². The molecule has 0 aliphatic carbocycles. The van der Waals surface area contributed by atoms with E-state index in [2.05, 4.69) is 10.3 Å². The van der Waals surface area contributed by atoms with Gasteiger partial charge in [-0.25, -0.2) is 9.78 Å². The van der Waals surface area contributed by atoms with Gasteiger partial charge >= 0.3 is 18.0 Å². The van der Waals surface area contributed by atoms with Crippen molar-refractivity contribution in [2.75, 3.05) is 20.2 Å². The number of nitrogens with zero attached hydrogens (tertiary/aromatic N) is 2. The third kappa shape index (κ3) is 5.76. The van der Waals surface area contributed by atoms with E-state index in [0.717, 1.165) is 0 Å². The van der Waals surface area contributed by atoms with Crippen LogP contribution in [0.25, 0.3) is 0 Å². The topological polar surface area (TPSA) is 129 Å². The van der Waals surface area contributed by atoms with Crippen molar-refractivity contribution in [2.24, 2.45) is 0 Å². The summed E-state index contributed by atoms with van der Waals surface area (Å²) in [7, 11) is 1.45. The lowest BCUT2D eigenvalue weighted by atomic mass is 10.2. The summed E-state index contributed by atoms with van der Waals surface area (Å²) in [5, 5.41) is 19.8. The van der Waals surface area contributed by atoms with E-state index in [1.807, 2.05) is 0 Å². The number of amides is 2. The normalized spacial score (nSPS) is 9.76. The maximum atomic E-state index is 11.8. The molecule has 0 spiro atoms. The smallest absolute Gasteiger partial charge is 0.323 e. The van der Waals surface area contributed by atoms with Gasteiger partial charge in [-0.15, -0.1) is 0 Å². The Bertz CT molecular complexity index is 517. The fourth-order valence-corrected chi connectivity index (χ4v) is 1.49. The van der Waals surface area contributed by atoms with Crippen LogP contribution in [0.3, 0.4) is 0 Å². The number of methoxy groups -OCH3 is 1. The molecule has 3 N–H and O–H groups in total. The molecule has 0 aliphatic heterocycles. The summed E-state index contributed by atoms with van der Waals surface area (Å²) in [5.74, 6) is -2.22. The van der Waals surface area contributed by atoms with Gasteiger partial charge < -0.3 is 25.2 Å². The van der Waals surface area contributed by atoms with Crippen molar-refractivity contribution in [1.29, 1.82) is 0 Å². The van der Waals surface area contributed by atoms with Gasteiger partial charge in [0.2, 0.25) is 5.88 Å². The van der Waals surface area contributed by atoms with Gasteiger partial charge in [-0.1, -0.05) is 0 Å². The first-order chi connectivity index (χ1) is 9.92. The first kappa shape index (κ1) is 16.2. The second kappa shape index (κ2) is 7.68. The number of carbonyl (C=O) groups is 3. The monoisotopic (exact) mass is 297 g/mol. The van der Waals surface area contributed by atoms with E-state index in [1.165, 1.54) is 13.3 Å². The van der Waals surface area contributed by atoms with Crippen LogP contribution in [0.1, 0.15) is 5.56 Å². The number of urea groups is 1. The molecule has 1 heterocycles. The van der Waals surface area contributed by atoms with Gasteiger partial charge in [0.1, 0.15) is 13.1 Å². The fourth-order valence-electron chi connectivity index (χ4n) is 1.49. The lowest BCUT2D eigenvalue weighted by Gasteiger charge is -2.19. The third-order valence-corrected chi connectivity index (χ3v) is 2.39. The number of carboxylic acid groups (broad SMARTS) is 2. The predicted octanol–water partition coefficient (Wildman–Crippen LogP) is -0.229. The highest BCUT2D eigenvalue weighted by atomic mass is 16.5. The summed E-state index contributed by atoms with van der Waals surface area (Å²) in [6.45, 7) is -1.30. The third-order valence-electron chi connectivity index (χ3n) is 2.39. The Morgan fingerprint density at radius 1 is 1.29 bits per heavy atom. The molecule has 0 atom stereocenters. The number of nitrogens with one attached hydrogen (secondary N) is 1. The number of pyridine rings is 1. The SMILES string of the molecule is COc1cc(CNC(=O)N(CC(=O)O)CC(=O)O)ccn1. The van der Waals surface area contributed by atoms with Crippen molar-refractivity contribution < 1.29 is 29.3 Å². The molecule has 1 aromatic rings. The molecule has 1 rings (SSSR count). The Balaban J connectivity index is 2.63. The van der Waals surface area contributed by atoms with Crippen LogP contribution in [0.15, 0.2) is 18.3 Å². The number of aliphatic carboxylic acids is 2. The Labute approximate surface area is 120 Å². The van der Waals surface area contributed by atoms with Crippen LogP contribution in [0.4, 0.5) is 4.79 Å². The number of carboxylic acids is 2. The van der Waals surface area contributed by atoms with Crippen LogP contribution < -0.4 is 10.1 Å². The first-order valence-electron chi connectivity index (χ1n) is 5.87. The minimum Gasteiger partial charge on any atom is -0.481 e. The molecule has 9 nitrogen and oxygen atoms in total. The van der Waals surface area contributed by atoms with E-state index in [4.69, 9.17) is 14.9 Å². The summed E-state index contributed by atoms with van der Waals surface area (Å²) in [5.41, 5.74) is 0.681. The molecule has 0 fully saturated rings. The zero-order valence-electron chi connectivity index (χ0n) is 11.3. The molecule has 114 valence electrons. The zero-order chi connectivity index (χ0) is 15.8. The highest BCUT2D eigenvalue weighted by Crippen LogP contribution is 2.08. The van der Waals surface area contributed by atoms with Gasteiger partial charge in [0.05, 0.1) is 7.11 Å². The lowest BCUT2D eigenvalue weighted by molar-refractivity contribution is -0.140. The average molecular weight is 297 g/mol. The molecule has 9 heteroatoms. The van der Waals surface area contributed by atoms with Crippen LogP contribution in [-0.2, 0) is 16.1 Å². The van der Waals surface area contributed by atoms with Crippen molar-refractivity contribution in [3.8, 4) is 5.88 Å². The number of hydrogen-bond donors (Lipinski definition) is 3. The highest BCUT2D eigenvalue weighted by Gasteiger charge is 2.19. The summed E-state index contributed by atoms with van der Waals surface area (Å²) in [6, 6.07) is 2.45. The van der Waals surface area contributed by atoms with Crippen molar-refractivity contribution in [3.05, 3.63) is 23.9 Å². The van der Waals surface area contributed by atoms with Crippen molar-refractivity contribution in [2.45, 2.75) is 6.54 Å². The van der Waals surface area contributed by atoms with E-state index in [0.29, 0.717) is 16.3 Å². The molecule has 0 unspecified atom stereocenters. The molecule has 0 saturated heterocycles. The molecule has 0 bridgehead atoms. The Hall–Kier alpha value is -2.84. The predicted molar refractivity (Wildman–Crippen MR) is 69.9 cm³/mol. The van der Waals surface area contributed by atoms with Crippen molar-refractivity contribution >= 4 is 18.0 Å². The van der Waals surface area contributed by atoms with Crippen molar-refractivity contribution in [1.82, 2.24) is 15.2 Å². The first-order valence-corrected chi connectivity index (χ1v) is 5.87. The molecule has 21 heavy (non-hydrogen) atoms. The van der Waals surface area contributed by atoms with Gasteiger partial charge in [0.15, 0.2) is 0 Å². The molecule has 0 radical (unpaired) electrons. The van der Waals surface area contributed by atoms with Gasteiger partial charge in [-0.3, -0.25) is 9.59 Å². The number of aromatic nitrogens is 1. The minimum atomic E-state index is -1.29. The molecule has 0 aliphatic rings. The summed E-state index contributed by atoms with van der Waals surface area (Å²) in [4.78, 5) is 37.6. The van der Waals surface area contributed by atoms with E-state index < -0.39 is 31.1 Å². The quantitative estimate of drug-likeness (QED) is 0.634. The van der Waals surface area contributed by atoms with Crippen LogP contribution in [0, 0.1) is 0 Å². The Morgan fingerprint density at radius 2 is 1.90 bits per heavy atom. The molecular weight excluding hydrogens is 282 g/mol. The van der Waals surface area contributed by atoms with Gasteiger partial charge in [-0.2, -0.15) is 0 Å². The fraction of sp³-hybridized carbons (Fsp3) is 0.333. The lowest BCUT2D eigenvalue weighted by Crippen LogP contribution is -2.45. The van der Waals surface area contributed by atoms with E-state index in [-0.39, 0.29) is 6.54 Å². The van der Waals surface area contributed by atoms with E-state index >= 15 is 0 Å². The minimum absolute atomic E-state index is 0.0907. The highest BCUT2D eigenvalue weighted by molar-refractivity contribution is 5.84. The molecule has 0 saturated carbocycles. The number of ether oxygens (including phenoxy) is 1. The van der Waals surface area contributed by atoms with Crippen LogP contribution in [0.2, 0.25) is 0 Å². The van der Waals surface area contributed by atoms with Crippen LogP contribution in [-0.4, -0.2) is 58.3 Å². The number of rotatable bonds is 7. The Morgan fingerprint density at radius 3 is 2.43 bits per heavy atom. The maximum Gasteiger partial charge on any atom is 0.323 e. The molecule has 1 aromatic heterocycles. The van der Waals surface area contributed by atoms with Crippen LogP contribution in [0.5, 0.6) is 5.88 Å². The van der Waals surface area contributed by atoms with E-state index in [1.54, 1.807) is 12.1 Å². The molecule has 2 amide bonds. The molecular formula is C12H15N3O6. The maximum absolute atomic E-state index is 11.8. The largest absolute Gasteiger partial charge is 0.481 e. The van der Waals surface area contributed by atoms with Crippen molar-refractivity contribution in [3.63, 3.8) is 0 Å². The number of hydrogen-bond acceptors (Lipinski definition) is 5. The standard InChI is InChI=1S/C12H15N3O6/c1-21-9-4-8(2-3-13-9)5-14-12(20)15(6-10(16)17)7-11(18)19/h2-4H,5-7H2,1H3,(H,14,20)(H,16,17)(H,18,19). The average Bonchev–Trinajstić information content (AvgIpc) is 2.43. The number of carbonyl (C=O) groups excluding carboxylic acids is 1. The Kier molecular flexibility index (Phi) is 5.93. The van der Waals surface area contributed by atoms with Crippen LogP contribution >= 0.6 is 0 Å². The summed E-state index contributed by atoms with van der Waals surface area (Å²) >= 11 is 0. The summed E-state index contributed by atoms with van der Waals surface area (Å²) < 4.78 is 4.92. The second-order valence-electron chi connectivity index (χ2n) is 4.01. The summed E-state index contributed by atoms with van der Waals surface area (Å²) in [6.07, 6.45) is 1.49. The molecule has 0 aromatic carbocycles. The second-order valence-corrected chi connectivity index (χ2v) is 4.01. The van der Waals surface area contributed by atoms with Gasteiger partial charge in [-0.05, 0) is 11.6 Å². The van der Waals surface area contributed by atoms with Gasteiger partial charge in [0.25, 0.3) is 0 Å². The van der Waals surface area contributed by atoms with Gasteiger partial charge in [0, 0.05) is 18.8 Å². The zero-order valence-corrected chi connectivity index (χ0v) is 11.3.